The van der Waals surface area contributed by atoms with Crippen LogP contribution < -0.4 is 0 Å². The fourth-order valence-electron chi connectivity index (χ4n) is 2.76. The van der Waals surface area contributed by atoms with Crippen LogP contribution in [0.25, 0.3) is 0 Å². The number of amides is 1. The Bertz CT molecular complexity index is 609. The van der Waals surface area contributed by atoms with Gasteiger partial charge in [0.1, 0.15) is 0 Å². The number of piperidine rings is 1. The van der Waals surface area contributed by atoms with Crippen molar-refractivity contribution in [2.45, 2.75) is 19.1 Å². The summed E-state index contributed by atoms with van der Waals surface area (Å²) in [6.45, 7) is 2.94. The molecular formula is C17H20N2O3S. The van der Waals surface area contributed by atoms with Crippen LogP contribution in [0.2, 0.25) is 0 Å². The van der Waals surface area contributed by atoms with Gasteiger partial charge in [-0.05, 0) is 30.0 Å². The lowest BCUT2D eigenvalue weighted by Gasteiger charge is -2.34. The predicted octanol–water partition coefficient (Wildman–Crippen LogP) is 2.36. The number of nitriles is 1. The maximum Gasteiger partial charge on any atom is 0.306 e. The number of carbonyl (C=O) groups excluding carboxylic acids is 1. The number of nitrogens with zero attached hydrogens (tertiary/aromatic N) is 2. The van der Waals surface area contributed by atoms with Crippen LogP contribution in [0.1, 0.15) is 24.5 Å². The van der Waals surface area contributed by atoms with Crippen LogP contribution in [0, 0.1) is 23.2 Å². The van der Waals surface area contributed by atoms with Gasteiger partial charge in [0.05, 0.1) is 23.3 Å². The molecule has 1 aromatic carbocycles. The highest BCUT2D eigenvalue weighted by Gasteiger charge is 2.32. The first-order valence-electron chi connectivity index (χ1n) is 7.58. The van der Waals surface area contributed by atoms with Gasteiger partial charge in [0.25, 0.3) is 0 Å². The number of carboxylic acids is 1. The minimum absolute atomic E-state index is 0.00581. The molecule has 122 valence electrons. The molecule has 1 N–H and O–H groups in total. The number of carboxylic acid groups (broad SMARTS) is 1. The van der Waals surface area contributed by atoms with E-state index in [1.165, 1.54) is 11.8 Å². The summed E-state index contributed by atoms with van der Waals surface area (Å²) in [6, 6.07) is 9.42. The maximum atomic E-state index is 12.2. The smallest absolute Gasteiger partial charge is 0.306 e. The summed E-state index contributed by atoms with van der Waals surface area (Å²) in [5.41, 5.74) is 1.71. The zero-order valence-electron chi connectivity index (χ0n) is 13.1. The average Bonchev–Trinajstić information content (AvgIpc) is 2.55. The highest BCUT2D eigenvalue weighted by molar-refractivity contribution is 7.99. The lowest BCUT2D eigenvalue weighted by atomic mass is 9.87. The van der Waals surface area contributed by atoms with Gasteiger partial charge >= 0.3 is 5.97 Å². The Morgan fingerprint density at radius 3 is 2.65 bits per heavy atom. The maximum absolute atomic E-state index is 12.2. The molecule has 1 aliphatic rings. The zero-order chi connectivity index (χ0) is 16.8. The van der Waals surface area contributed by atoms with Gasteiger partial charge in [-0.1, -0.05) is 19.1 Å². The standard InChI is InChI=1S/C17H20N2O3S/c1-12-9-19(7-6-15(12)17(21)22)16(20)11-23-10-14-4-2-13(8-18)3-5-14/h2-5,12,15H,6-7,9-11H2,1H3,(H,21,22). The molecule has 2 atom stereocenters. The van der Waals surface area contributed by atoms with E-state index in [4.69, 9.17) is 10.4 Å². The van der Waals surface area contributed by atoms with Gasteiger partial charge in [-0.15, -0.1) is 11.8 Å². The molecule has 1 fully saturated rings. The van der Waals surface area contributed by atoms with Crippen LogP contribution in [0.4, 0.5) is 0 Å². The van der Waals surface area contributed by atoms with Crippen LogP contribution in [0.15, 0.2) is 24.3 Å². The van der Waals surface area contributed by atoms with E-state index in [-0.39, 0.29) is 17.7 Å². The van der Waals surface area contributed by atoms with Crippen molar-refractivity contribution in [1.82, 2.24) is 4.90 Å². The Morgan fingerprint density at radius 2 is 2.09 bits per heavy atom. The first-order valence-corrected chi connectivity index (χ1v) is 8.74. The number of hydrogen-bond acceptors (Lipinski definition) is 4. The number of likely N-dealkylation sites (tertiary alicyclic amines) is 1. The Balaban J connectivity index is 1.77. The largest absolute Gasteiger partial charge is 0.481 e. The van der Waals surface area contributed by atoms with Crippen LogP contribution >= 0.6 is 11.8 Å². The SMILES string of the molecule is CC1CN(C(=O)CSCc2ccc(C#N)cc2)CCC1C(=O)O. The zero-order valence-corrected chi connectivity index (χ0v) is 13.9. The number of aliphatic carboxylic acids is 1. The molecule has 6 heteroatoms. The van der Waals surface area contributed by atoms with Gasteiger partial charge in [0, 0.05) is 18.8 Å². The molecule has 1 aromatic rings. The second kappa shape index (κ2) is 8.02. The van der Waals surface area contributed by atoms with E-state index in [2.05, 4.69) is 6.07 Å². The van der Waals surface area contributed by atoms with Crippen molar-refractivity contribution in [3.8, 4) is 6.07 Å². The van der Waals surface area contributed by atoms with Crippen LogP contribution in [0.3, 0.4) is 0 Å². The molecule has 1 amide bonds. The number of carbonyl (C=O) groups is 2. The van der Waals surface area contributed by atoms with Crippen molar-refractivity contribution < 1.29 is 14.7 Å². The number of benzene rings is 1. The van der Waals surface area contributed by atoms with Gasteiger partial charge in [0.2, 0.25) is 5.91 Å². The molecule has 2 unspecified atom stereocenters. The summed E-state index contributed by atoms with van der Waals surface area (Å²) >= 11 is 1.54. The summed E-state index contributed by atoms with van der Waals surface area (Å²) in [7, 11) is 0. The molecule has 0 aromatic heterocycles. The summed E-state index contributed by atoms with van der Waals surface area (Å²) in [5.74, 6) is 0.0708. The van der Waals surface area contributed by atoms with E-state index in [0.29, 0.717) is 30.8 Å². The number of hydrogen-bond donors (Lipinski definition) is 1. The average molecular weight is 332 g/mol. The van der Waals surface area contributed by atoms with Crippen molar-refractivity contribution in [3.05, 3.63) is 35.4 Å². The highest BCUT2D eigenvalue weighted by atomic mass is 32.2. The first-order chi connectivity index (χ1) is 11.0. The van der Waals surface area contributed by atoms with Gasteiger partial charge in [-0.2, -0.15) is 5.26 Å². The fourth-order valence-corrected chi connectivity index (χ4v) is 3.65. The third kappa shape index (κ3) is 4.73. The van der Waals surface area contributed by atoms with E-state index in [9.17, 15) is 9.59 Å². The molecule has 23 heavy (non-hydrogen) atoms. The molecule has 2 rings (SSSR count). The summed E-state index contributed by atoms with van der Waals surface area (Å²) in [6.07, 6.45) is 0.530. The second-order valence-electron chi connectivity index (χ2n) is 5.85. The molecule has 1 saturated heterocycles. The topological polar surface area (TPSA) is 81.4 Å². The second-order valence-corrected chi connectivity index (χ2v) is 6.84. The molecule has 0 bridgehead atoms. The van der Waals surface area contributed by atoms with Gasteiger partial charge in [0.15, 0.2) is 0 Å². The monoisotopic (exact) mass is 332 g/mol. The van der Waals surface area contributed by atoms with Crippen LogP contribution in [0.5, 0.6) is 0 Å². The van der Waals surface area contributed by atoms with Gasteiger partial charge < -0.3 is 10.0 Å². The van der Waals surface area contributed by atoms with Crippen molar-refractivity contribution >= 4 is 23.6 Å². The summed E-state index contributed by atoms with van der Waals surface area (Å²) in [4.78, 5) is 25.1. The van der Waals surface area contributed by atoms with Crippen LogP contribution in [-0.2, 0) is 15.3 Å². The molecule has 5 nitrogen and oxygen atoms in total. The predicted molar refractivity (Wildman–Crippen MR) is 88.8 cm³/mol. The Morgan fingerprint density at radius 1 is 1.39 bits per heavy atom. The molecular weight excluding hydrogens is 312 g/mol. The normalized spacial score (nSPS) is 20.8. The Labute approximate surface area is 140 Å². The summed E-state index contributed by atoms with van der Waals surface area (Å²) in [5, 5.41) is 17.9. The fraction of sp³-hybridized carbons (Fsp3) is 0.471. The number of rotatable bonds is 5. The molecule has 0 saturated carbocycles. The summed E-state index contributed by atoms with van der Waals surface area (Å²) < 4.78 is 0. The van der Waals surface area contributed by atoms with E-state index >= 15 is 0 Å². The van der Waals surface area contributed by atoms with E-state index in [0.717, 1.165) is 11.3 Å². The molecule has 1 aliphatic heterocycles. The van der Waals surface area contributed by atoms with Crippen molar-refractivity contribution in [2.75, 3.05) is 18.8 Å². The van der Waals surface area contributed by atoms with E-state index in [1.807, 2.05) is 19.1 Å². The Kier molecular flexibility index (Phi) is 6.05. The minimum atomic E-state index is -0.764. The lowest BCUT2D eigenvalue weighted by Crippen LogP contribution is -2.45. The third-order valence-electron chi connectivity index (χ3n) is 4.15. The molecule has 1 heterocycles. The van der Waals surface area contributed by atoms with Gasteiger partial charge in [-0.3, -0.25) is 9.59 Å². The minimum Gasteiger partial charge on any atom is -0.481 e. The third-order valence-corrected chi connectivity index (χ3v) is 5.14. The van der Waals surface area contributed by atoms with Crippen LogP contribution in [-0.4, -0.2) is 40.7 Å². The quantitative estimate of drug-likeness (QED) is 0.895. The molecule has 0 radical (unpaired) electrons. The van der Waals surface area contributed by atoms with Crippen molar-refractivity contribution in [1.29, 1.82) is 5.26 Å². The van der Waals surface area contributed by atoms with E-state index < -0.39 is 5.97 Å². The highest BCUT2D eigenvalue weighted by Crippen LogP contribution is 2.24. The first kappa shape index (κ1) is 17.4. The van der Waals surface area contributed by atoms with Crippen molar-refractivity contribution in [3.63, 3.8) is 0 Å². The van der Waals surface area contributed by atoms with Gasteiger partial charge in [-0.25, -0.2) is 0 Å². The molecule has 0 spiro atoms. The van der Waals surface area contributed by atoms with Crippen molar-refractivity contribution in [2.24, 2.45) is 11.8 Å². The lowest BCUT2D eigenvalue weighted by molar-refractivity contribution is -0.147. The Hall–Kier alpha value is -2.00. The molecule has 0 aliphatic carbocycles. The van der Waals surface area contributed by atoms with E-state index in [1.54, 1.807) is 17.0 Å². The number of thioether (sulfide) groups is 1.